The minimum atomic E-state index is -0.0785. The van der Waals surface area contributed by atoms with Crippen molar-refractivity contribution in [1.82, 2.24) is 0 Å². The summed E-state index contributed by atoms with van der Waals surface area (Å²) >= 11 is 3.41. The van der Waals surface area contributed by atoms with E-state index in [1.807, 2.05) is 6.92 Å². The van der Waals surface area contributed by atoms with Crippen LogP contribution in [0.4, 0.5) is 0 Å². The van der Waals surface area contributed by atoms with E-state index in [0.717, 1.165) is 19.3 Å². The molecule has 1 unspecified atom stereocenters. The molecule has 0 aromatic heterocycles. The molecular formula is C11H21BrO2. The van der Waals surface area contributed by atoms with Gasteiger partial charge in [-0.05, 0) is 12.8 Å². The lowest BCUT2D eigenvalue weighted by atomic mass is 10.2. The van der Waals surface area contributed by atoms with E-state index < -0.39 is 0 Å². The molecule has 0 rings (SSSR count). The Labute approximate surface area is 95.5 Å². The third kappa shape index (κ3) is 8.54. The minimum Gasteiger partial charge on any atom is -0.466 e. The molecule has 0 aromatic carbocycles. The summed E-state index contributed by atoms with van der Waals surface area (Å²) in [5, 5.41) is 0. The molecule has 0 amide bonds. The largest absolute Gasteiger partial charge is 0.466 e. The van der Waals surface area contributed by atoms with Gasteiger partial charge >= 0.3 is 5.97 Å². The first-order valence-electron chi connectivity index (χ1n) is 5.50. The molecular weight excluding hydrogens is 244 g/mol. The molecule has 1 atom stereocenters. The number of halogens is 1. The molecule has 3 heteroatoms. The van der Waals surface area contributed by atoms with E-state index in [9.17, 15) is 4.79 Å². The van der Waals surface area contributed by atoms with Crippen LogP contribution in [0.25, 0.3) is 0 Å². The number of hydrogen-bond donors (Lipinski definition) is 0. The Kier molecular flexibility index (Phi) is 9.47. The van der Waals surface area contributed by atoms with Crippen LogP contribution in [0.3, 0.4) is 0 Å². The van der Waals surface area contributed by atoms with Gasteiger partial charge in [0.25, 0.3) is 0 Å². The molecule has 0 saturated heterocycles. The van der Waals surface area contributed by atoms with Crippen molar-refractivity contribution in [2.75, 3.05) is 6.61 Å². The highest BCUT2D eigenvalue weighted by Crippen LogP contribution is 2.10. The second-order valence-electron chi connectivity index (χ2n) is 3.49. The topological polar surface area (TPSA) is 26.3 Å². The Morgan fingerprint density at radius 1 is 1.29 bits per heavy atom. The number of carbonyl (C=O) groups excluding carboxylic acids is 1. The summed E-state index contributed by atoms with van der Waals surface area (Å²) in [7, 11) is 0. The fraction of sp³-hybridized carbons (Fsp3) is 0.909. The van der Waals surface area contributed by atoms with Crippen molar-refractivity contribution in [1.29, 1.82) is 0 Å². The maximum atomic E-state index is 11.2. The first-order valence-corrected chi connectivity index (χ1v) is 6.42. The predicted molar refractivity (Wildman–Crippen MR) is 62.7 cm³/mol. The van der Waals surface area contributed by atoms with Gasteiger partial charge in [-0.1, -0.05) is 49.0 Å². The summed E-state index contributed by atoms with van der Waals surface area (Å²) in [5.41, 5.74) is 0. The fourth-order valence-corrected chi connectivity index (χ4v) is 1.36. The van der Waals surface area contributed by atoms with Crippen LogP contribution in [0.1, 0.15) is 52.4 Å². The summed E-state index contributed by atoms with van der Waals surface area (Å²) in [5.74, 6) is -0.0785. The van der Waals surface area contributed by atoms with E-state index in [2.05, 4.69) is 22.9 Å². The standard InChI is InChI=1S/C11H21BrO2/c1-3-5-6-7-8-14-11(13)9-10(12)4-2/h10H,3-9H2,1-2H3. The number of alkyl halides is 1. The summed E-state index contributed by atoms with van der Waals surface area (Å²) in [6.45, 7) is 4.80. The minimum absolute atomic E-state index is 0.0785. The maximum Gasteiger partial charge on any atom is 0.306 e. The number of carbonyl (C=O) groups is 1. The van der Waals surface area contributed by atoms with Crippen LogP contribution in [0.15, 0.2) is 0 Å². The zero-order valence-electron chi connectivity index (χ0n) is 9.22. The second-order valence-corrected chi connectivity index (χ2v) is 4.79. The van der Waals surface area contributed by atoms with Gasteiger partial charge in [-0.15, -0.1) is 0 Å². The third-order valence-electron chi connectivity index (χ3n) is 2.09. The highest BCUT2D eigenvalue weighted by Gasteiger charge is 2.09. The second kappa shape index (κ2) is 9.50. The fourth-order valence-electron chi connectivity index (χ4n) is 1.10. The van der Waals surface area contributed by atoms with Gasteiger partial charge < -0.3 is 4.74 Å². The molecule has 0 spiro atoms. The van der Waals surface area contributed by atoms with Crippen molar-refractivity contribution in [2.45, 2.75) is 57.2 Å². The van der Waals surface area contributed by atoms with Crippen LogP contribution in [0.5, 0.6) is 0 Å². The van der Waals surface area contributed by atoms with Gasteiger partial charge in [-0.2, -0.15) is 0 Å². The summed E-state index contributed by atoms with van der Waals surface area (Å²) < 4.78 is 5.09. The lowest BCUT2D eigenvalue weighted by Gasteiger charge is -2.07. The lowest BCUT2D eigenvalue weighted by Crippen LogP contribution is -2.11. The SMILES string of the molecule is CCCCCCOC(=O)CC(Br)CC. The Bertz CT molecular complexity index is 148. The van der Waals surface area contributed by atoms with Gasteiger partial charge in [0.05, 0.1) is 13.0 Å². The monoisotopic (exact) mass is 264 g/mol. The molecule has 0 fully saturated rings. The van der Waals surface area contributed by atoms with Crippen LogP contribution in [0.2, 0.25) is 0 Å². The van der Waals surface area contributed by atoms with Gasteiger partial charge in [0.2, 0.25) is 0 Å². The molecule has 0 saturated carbocycles. The van der Waals surface area contributed by atoms with Crippen molar-refractivity contribution in [3.8, 4) is 0 Å². The number of esters is 1. The average Bonchev–Trinajstić information content (AvgIpc) is 2.17. The van der Waals surface area contributed by atoms with E-state index in [1.54, 1.807) is 0 Å². The molecule has 0 aliphatic heterocycles. The van der Waals surface area contributed by atoms with Crippen molar-refractivity contribution in [3.05, 3.63) is 0 Å². The predicted octanol–water partition coefficient (Wildman–Crippen LogP) is 3.67. The zero-order chi connectivity index (χ0) is 10.8. The van der Waals surface area contributed by atoms with E-state index in [1.165, 1.54) is 12.8 Å². The molecule has 2 nitrogen and oxygen atoms in total. The van der Waals surface area contributed by atoms with Crippen LogP contribution in [-0.4, -0.2) is 17.4 Å². The Hall–Kier alpha value is -0.0500. The van der Waals surface area contributed by atoms with Crippen LogP contribution >= 0.6 is 15.9 Å². The third-order valence-corrected chi connectivity index (χ3v) is 3.06. The molecule has 0 N–H and O–H groups in total. The van der Waals surface area contributed by atoms with E-state index >= 15 is 0 Å². The van der Waals surface area contributed by atoms with Crippen LogP contribution in [0, 0.1) is 0 Å². The van der Waals surface area contributed by atoms with Crippen molar-refractivity contribution >= 4 is 21.9 Å². The number of unbranched alkanes of at least 4 members (excludes halogenated alkanes) is 3. The molecule has 0 bridgehead atoms. The average molecular weight is 265 g/mol. The number of ether oxygens (including phenoxy) is 1. The molecule has 14 heavy (non-hydrogen) atoms. The summed E-state index contributed by atoms with van der Waals surface area (Å²) in [4.78, 5) is 11.5. The van der Waals surface area contributed by atoms with Crippen molar-refractivity contribution in [3.63, 3.8) is 0 Å². The molecule has 0 aromatic rings. The first-order chi connectivity index (χ1) is 6.70. The molecule has 0 radical (unpaired) electrons. The van der Waals surface area contributed by atoms with Crippen molar-refractivity contribution in [2.24, 2.45) is 0 Å². The smallest absolute Gasteiger partial charge is 0.306 e. The normalized spacial score (nSPS) is 12.5. The van der Waals surface area contributed by atoms with E-state index in [0.29, 0.717) is 13.0 Å². The Balaban J connectivity index is 3.27. The number of rotatable bonds is 8. The molecule has 0 aliphatic rings. The molecule has 0 aliphatic carbocycles. The summed E-state index contributed by atoms with van der Waals surface area (Å²) in [6, 6.07) is 0. The van der Waals surface area contributed by atoms with Gasteiger partial charge in [0.1, 0.15) is 0 Å². The zero-order valence-corrected chi connectivity index (χ0v) is 10.8. The maximum absolute atomic E-state index is 11.2. The number of hydrogen-bond acceptors (Lipinski definition) is 2. The van der Waals surface area contributed by atoms with Crippen molar-refractivity contribution < 1.29 is 9.53 Å². The Morgan fingerprint density at radius 2 is 2.00 bits per heavy atom. The van der Waals surface area contributed by atoms with Gasteiger partial charge in [-0.25, -0.2) is 0 Å². The Morgan fingerprint density at radius 3 is 2.57 bits per heavy atom. The van der Waals surface area contributed by atoms with Gasteiger partial charge in [-0.3, -0.25) is 4.79 Å². The van der Waals surface area contributed by atoms with E-state index in [-0.39, 0.29) is 10.8 Å². The first kappa shape index (κ1) is 13.9. The highest BCUT2D eigenvalue weighted by molar-refractivity contribution is 9.09. The quantitative estimate of drug-likeness (QED) is 0.380. The molecule has 84 valence electrons. The lowest BCUT2D eigenvalue weighted by molar-refractivity contribution is -0.143. The van der Waals surface area contributed by atoms with Crippen LogP contribution < -0.4 is 0 Å². The van der Waals surface area contributed by atoms with Gasteiger partial charge in [0.15, 0.2) is 0 Å². The summed E-state index contributed by atoms with van der Waals surface area (Å²) in [6.07, 6.45) is 6.06. The van der Waals surface area contributed by atoms with Gasteiger partial charge in [0, 0.05) is 4.83 Å². The highest BCUT2D eigenvalue weighted by atomic mass is 79.9. The van der Waals surface area contributed by atoms with E-state index in [4.69, 9.17) is 4.74 Å². The molecule has 0 heterocycles. The van der Waals surface area contributed by atoms with Crippen LogP contribution in [-0.2, 0) is 9.53 Å².